The van der Waals surface area contributed by atoms with E-state index in [1.807, 2.05) is 0 Å². The van der Waals surface area contributed by atoms with E-state index in [-0.39, 0.29) is 5.41 Å². The summed E-state index contributed by atoms with van der Waals surface area (Å²) in [5.74, 6) is 0. The van der Waals surface area contributed by atoms with Gasteiger partial charge in [-0.1, -0.05) is 26.7 Å². The SMILES string of the molecule is CC1(C)CCC(O)(C2(CN)CCCC2)C1. The first-order valence-electron chi connectivity index (χ1n) is 6.36. The lowest BCUT2D eigenvalue weighted by Gasteiger charge is -2.43. The van der Waals surface area contributed by atoms with Crippen molar-refractivity contribution in [3.8, 4) is 0 Å². The molecule has 88 valence electrons. The van der Waals surface area contributed by atoms with E-state index in [0.29, 0.717) is 12.0 Å². The molecule has 3 N–H and O–H groups in total. The quantitative estimate of drug-likeness (QED) is 0.737. The summed E-state index contributed by atoms with van der Waals surface area (Å²) in [4.78, 5) is 0. The molecule has 2 rings (SSSR count). The van der Waals surface area contributed by atoms with E-state index in [9.17, 15) is 5.11 Å². The minimum absolute atomic E-state index is 0.0424. The number of nitrogens with two attached hydrogens (primary N) is 1. The molecule has 2 nitrogen and oxygen atoms in total. The summed E-state index contributed by atoms with van der Waals surface area (Å²) >= 11 is 0. The van der Waals surface area contributed by atoms with Gasteiger partial charge in [-0.05, 0) is 37.5 Å². The van der Waals surface area contributed by atoms with Crippen molar-refractivity contribution in [3.63, 3.8) is 0 Å². The second kappa shape index (κ2) is 3.46. The van der Waals surface area contributed by atoms with Gasteiger partial charge in [0.15, 0.2) is 0 Å². The van der Waals surface area contributed by atoms with Gasteiger partial charge in [0.05, 0.1) is 5.60 Å². The smallest absolute Gasteiger partial charge is 0.0721 e. The van der Waals surface area contributed by atoms with Crippen LogP contribution in [0.15, 0.2) is 0 Å². The summed E-state index contributed by atoms with van der Waals surface area (Å²) in [6.45, 7) is 5.20. The van der Waals surface area contributed by atoms with Crippen molar-refractivity contribution < 1.29 is 5.11 Å². The van der Waals surface area contributed by atoms with E-state index in [2.05, 4.69) is 13.8 Å². The van der Waals surface area contributed by atoms with Crippen molar-refractivity contribution in [2.75, 3.05) is 6.54 Å². The molecule has 0 bridgehead atoms. The molecule has 0 aromatic heterocycles. The number of hydrogen-bond acceptors (Lipinski definition) is 2. The highest BCUT2D eigenvalue weighted by Gasteiger charge is 2.55. The third kappa shape index (κ3) is 1.72. The van der Waals surface area contributed by atoms with Gasteiger partial charge in [-0.15, -0.1) is 0 Å². The molecule has 2 heteroatoms. The van der Waals surface area contributed by atoms with Crippen LogP contribution >= 0.6 is 0 Å². The normalized spacial score (nSPS) is 38.4. The van der Waals surface area contributed by atoms with Crippen molar-refractivity contribution >= 4 is 0 Å². The van der Waals surface area contributed by atoms with Gasteiger partial charge < -0.3 is 10.8 Å². The fraction of sp³-hybridized carbons (Fsp3) is 1.00. The molecule has 0 aliphatic heterocycles. The molecule has 15 heavy (non-hydrogen) atoms. The predicted octanol–water partition coefficient (Wildman–Crippen LogP) is 2.45. The second-order valence-electron chi connectivity index (χ2n) is 6.56. The molecule has 0 saturated heterocycles. The Kier molecular flexibility index (Phi) is 2.63. The van der Waals surface area contributed by atoms with Gasteiger partial charge in [0.2, 0.25) is 0 Å². The van der Waals surface area contributed by atoms with Crippen molar-refractivity contribution in [3.05, 3.63) is 0 Å². The largest absolute Gasteiger partial charge is 0.389 e. The van der Waals surface area contributed by atoms with E-state index >= 15 is 0 Å². The summed E-state index contributed by atoms with van der Waals surface area (Å²) in [6, 6.07) is 0. The summed E-state index contributed by atoms with van der Waals surface area (Å²) in [6.07, 6.45) is 7.81. The molecular weight excluding hydrogens is 186 g/mol. The summed E-state index contributed by atoms with van der Waals surface area (Å²) in [7, 11) is 0. The lowest BCUT2D eigenvalue weighted by Crippen LogP contribution is -2.49. The topological polar surface area (TPSA) is 46.2 Å². The molecule has 2 aliphatic carbocycles. The molecule has 2 fully saturated rings. The molecule has 2 aliphatic rings. The standard InChI is InChI=1S/C13H25NO/c1-11(2)7-8-13(15,9-11)12(10-14)5-3-4-6-12/h15H,3-10,14H2,1-2H3. The zero-order valence-corrected chi connectivity index (χ0v) is 10.2. The van der Waals surface area contributed by atoms with Gasteiger partial charge in [0.1, 0.15) is 0 Å². The van der Waals surface area contributed by atoms with Crippen LogP contribution in [0.3, 0.4) is 0 Å². The van der Waals surface area contributed by atoms with Crippen LogP contribution in [0.25, 0.3) is 0 Å². The second-order valence-corrected chi connectivity index (χ2v) is 6.56. The Labute approximate surface area is 93.2 Å². The minimum Gasteiger partial charge on any atom is -0.389 e. The van der Waals surface area contributed by atoms with Gasteiger partial charge in [-0.3, -0.25) is 0 Å². The van der Waals surface area contributed by atoms with Crippen LogP contribution < -0.4 is 5.73 Å². The summed E-state index contributed by atoms with van der Waals surface area (Å²) < 4.78 is 0. The monoisotopic (exact) mass is 211 g/mol. The third-order valence-electron chi connectivity index (χ3n) is 4.92. The van der Waals surface area contributed by atoms with Crippen LogP contribution in [0.4, 0.5) is 0 Å². The molecule has 0 spiro atoms. The van der Waals surface area contributed by atoms with Crippen LogP contribution in [-0.4, -0.2) is 17.3 Å². The minimum atomic E-state index is -0.470. The average Bonchev–Trinajstić information content (AvgIpc) is 2.72. The van der Waals surface area contributed by atoms with E-state index in [4.69, 9.17) is 5.73 Å². The molecular formula is C13H25NO. The third-order valence-corrected chi connectivity index (χ3v) is 4.92. The fourth-order valence-electron chi connectivity index (χ4n) is 3.88. The fourth-order valence-corrected chi connectivity index (χ4v) is 3.88. The number of rotatable bonds is 2. The van der Waals surface area contributed by atoms with Crippen LogP contribution in [-0.2, 0) is 0 Å². The Morgan fingerprint density at radius 2 is 1.67 bits per heavy atom. The van der Waals surface area contributed by atoms with Gasteiger partial charge in [0.25, 0.3) is 0 Å². The van der Waals surface area contributed by atoms with Gasteiger partial charge >= 0.3 is 0 Å². The van der Waals surface area contributed by atoms with E-state index < -0.39 is 5.60 Å². The molecule has 0 aromatic rings. The molecule has 0 radical (unpaired) electrons. The number of hydrogen-bond donors (Lipinski definition) is 2. The highest BCUT2D eigenvalue weighted by molar-refractivity contribution is 5.07. The Balaban J connectivity index is 2.21. The van der Waals surface area contributed by atoms with Crippen molar-refractivity contribution in [1.82, 2.24) is 0 Å². The highest BCUT2D eigenvalue weighted by Crippen LogP contribution is 2.57. The maximum Gasteiger partial charge on any atom is 0.0721 e. The Hall–Kier alpha value is -0.0800. The molecule has 1 unspecified atom stereocenters. The van der Waals surface area contributed by atoms with Crippen LogP contribution in [0.2, 0.25) is 0 Å². The average molecular weight is 211 g/mol. The van der Waals surface area contributed by atoms with Crippen molar-refractivity contribution in [1.29, 1.82) is 0 Å². The van der Waals surface area contributed by atoms with Gasteiger partial charge in [-0.25, -0.2) is 0 Å². The van der Waals surface area contributed by atoms with Crippen LogP contribution in [0.1, 0.15) is 58.8 Å². The summed E-state index contributed by atoms with van der Waals surface area (Å²) in [5.41, 5.74) is 5.84. The predicted molar refractivity (Wildman–Crippen MR) is 62.5 cm³/mol. The van der Waals surface area contributed by atoms with Gasteiger partial charge in [0, 0.05) is 12.0 Å². The zero-order valence-electron chi connectivity index (χ0n) is 10.2. The first kappa shape index (κ1) is 11.4. The number of aliphatic hydroxyl groups is 1. The van der Waals surface area contributed by atoms with Crippen molar-refractivity contribution in [2.24, 2.45) is 16.6 Å². The van der Waals surface area contributed by atoms with E-state index in [1.54, 1.807) is 0 Å². The summed E-state index contributed by atoms with van der Waals surface area (Å²) in [5, 5.41) is 10.9. The van der Waals surface area contributed by atoms with Gasteiger partial charge in [-0.2, -0.15) is 0 Å². The first-order valence-corrected chi connectivity index (χ1v) is 6.36. The maximum absolute atomic E-state index is 10.9. The Bertz CT molecular complexity index is 243. The molecule has 0 aromatic carbocycles. The molecule has 1 atom stereocenters. The molecule has 0 amide bonds. The van der Waals surface area contributed by atoms with E-state index in [1.165, 1.54) is 12.8 Å². The highest BCUT2D eigenvalue weighted by atomic mass is 16.3. The lowest BCUT2D eigenvalue weighted by atomic mass is 9.68. The lowest BCUT2D eigenvalue weighted by molar-refractivity contribution is -0.0789. The van der Waals surface area contributed by atoms with Crippen LogP contribution in [0, 0.1) is 10.8 Å². The van der Waals surface area contributed by atoms with E-state index in [0.717, 1.165) is 32.1 Å². The first-order chi connectivity index (χ1) is 6.93. The van der Waals surface area contributed by atoms with Crippen molar-refractivity contribution in [2.45, 2.75) is 64.4 Å². The molecule has 0 heterocycles. The Morgan fingerprint density at radius 1 is 1.07 bits per heavy atom. The molecule has 2 saturated carbocycles. The maximum atomic E-state index is 10.9. The zero-order chi connectivity index (χ0) is 11.2. The van der Waals surface area contributed by atoms with Crippen LogP contribution in [0.5, 0.6) is 0 Å². The Morgan fingerprint density at radius 3 is 2.07 bits per heavy atom.